The van der Waals surface area contributed by atoms with E-state index in [-0.39, 0.29) is 43.9 Å². The van der Waals surface area contributed by atoms with Crippen LogP contribution in [0, 0.1) is 23.7 Å². The number of aliphatic hydroxyl groups excluding tert-OH is 3. The molecule has 0 saturated carbocycles. The monoisotopic (exact) mass is 836 g/mol. The van der Waals surface area contributed by atoms with Crippen LogP contribution in [0.3, 0.4) is 0 Å². The Morgan fingerprint density at radius 1 is 0.983 bits per heavy atom. The maximum Gasteiger partial charge on any atom is 0.311 e. The predicted octanol–water partition coefficient (Wildman–Crippen LogP) is 0.865. The number of carbonyl (C=O) groups excluding carboxylic acids is 3. The number of hydrogen-bond donors (Lipinski definition) is 7. The predicted molar refractivity (Wildman–Crippen MR) is 214 cm³/mol. The van der Waals surface area contributed by atoms with E-state index in [1.807, 2.05) is 32.8 Å². The zero-order valence-corrected chi connectivity index (χ0v) is 37.3. The summed E-state index contributed by atoms with van der Waals surface area (Å²) in [4.78, 5) is 35.5. The number of esters is 1. The summed E-state index contributed by atoms with van der Waals surface area (Å²) in [5.41, 5.74) is 2.20. The first-order valence-electron chi connectivity index (χ1n) is 20.7. The molecular weight excluding hydrogens is 758 g/mol. The minimum atomic E-state index is -1.85. The number of rotatable bonds is 9. The van der Waals surface area contributed by atoms with Gasteiger partial charge in [0, 0.05) is 44.4 Å². The summed E-state index contributed by atoms with van der Waals surface area (Å²) in [7, 11) is 5.24. The van der Waals surface area contributed by atoms with Crippen LogP contribution < -0.4 is 11.1 Å². The Balaban J connectivity index is 0.00000151. The second kappa shape index (κ2) is 21.8. The van der Waals surface area contributed by atoms with Crippen molar-refractivity contribution < 1.29 is 68.3 Å². The molecule has 8 N–H and O–H groups in total. The molecule has 17 heteroatoms. The molecular formula is C41H77N3O14. The number of ether oxygens (including phenoxy) is 6. The van der Waals surface area contributed by atoms with E-state index in [1.54, 1.807) is 48.5 Å². The van der Waals surface area contributed by atoms with Crippen molar-refractivity contribution in [3.8, 4) is 0 Å². The van der Waals surface area contributed by atoms with Crippen molar-refractivity contribution in [2.24, 2.45) is 29.4 Å². The molecule has 3 rings (SSSR count). The summed E-state index contributed by atoms with van der Waals surface area (Å²) in [6, 6.07) is -0.983. The van der Waals surface area contributed by atoms with Crippen LogP contribution in [0.15, 0.2) is 0 Å². The zero-order chi connectivity index (χ0) is 44.7. The second-order valence-corrected chi connectivity index (χ2v) is 17.9. The Kier molecular flexibility index (Phi) is 19.6. The minimum Gasteiger partial charge on any atom is -0.459 e. The molecule has 0 aliphatic carbocycles. The first-order chi connectivity index (χ1) is 26.7. The molecule has 0 unspecified atom stereocenters. The van der Waals surface area contributed by atoms with Gasteiger partial charge < -0.3 is 74.7 Å². The maximum absolute atomic E-state index is 14.1. The molecule has 3 heterocycles. The van der Waals surface area contributed by atoms with Crippen LogP contribution in [-0.2, 0) is 42.8 Å². The van der Waals surface area contributed by atoms with Crippen LogP contribution in [0.4, 0.5) is 0 Å². The van der Waals surface area contributed by atoms with Crippen molar-refractivity contribution in [3.05, 3.63) is 0 Å². The molecule has 3 aliphatic heterocycles. The van der Waals surface area contributed by atoms with Crippen molar-refractivity contribution in [3.63, 3.8) is 0 Å². The average Bonchev–Trinajstić information content (AvgIpc) is 3.14. The first kappa shape index (κ1) is 52.3. The van der Waals surface area contributed by atoms with Crippen LogP contribution >= 0.6 is 0 Å². The molecule has 3 saturated heterocycles. The Morgan fingerprint density at radius 2 is 1.59 bits per heavy atom. The molecule has 1 amide bonds. The molecule has 0 radical (unpaired) electrons. The van der Waals surface area contributed by atoms with Gasteiger partial charge in [0.15, 0.2) is 12.6 Å². The highest BCUT2D eigenvalue weighted by Crippen LogP contribution is 2.41. The number of amides is 1. The number of nitrogens with zero attached hydrogens (tertiary/aromatic N) is 1. The van der Waals surface area contributed by atoms with Gasteiger partial charge in [0.1, 0.15) is 30.2 Å². The standard InChI is InChI=1S/C37H70N2O12.C4H7NO2/c1-14-25-37(10,45)30(41)20(4)27(38)18(2)16-35(8,44)32(51-34-28(40)24(39(11)12)15-19(3)47-34)21(5)29(22(6)33(43)49-25)50-26-17-36(9,46-13)31(42)23(7)48-26;1-4(7)5-2-3-6/h18-32,34,40-42,44-45H,14-17,38H2,1-13H3;3H,2H2,1H3,(H,5,7)/t18-,19-,20+,21+,22-,23+,24+,25-,26+,27+,28-,29-,30-,31+,32-,34+,35-,36-,37-;/m1./s1. The van der Waals surface area contributed by atoms with Crippen LogP contribution in [-0.4, -0.2) is 167 Å². The summed E-state index contributed by atoms with van der Waals surface area (Å²) in [6.45, 7) is 18.7. The highest BCUT2D eigenvalue weighted by atomic mass is 16.7. The fraction of sp³-hybridized carbons (Fsp3) is 0.927. The van der Waals surface area contributed by atoms with Gasteiger partial charge in [0.25, 0.3) is 0 Å². The van der Waals surface area contributed by atoms with Gasteiger partial charge in [-0.3, -0.25) is 9.59 Å². The second-order valence-electron chi connectivity index (χ2n) is 17.9. The summed E-state index contributed by atoms with van der Waals surface area (Å²) in [5.74, 6) is -3.74. The quantitative estimate of drug-likeness (QED) is 0.126. The van der Waals surface area contributed by atoms with Gasteiger partial charge in [0.2, 0.25) is 5.91 Å². The van der Waals surface area contributed by atoms with Gasteiger partial charge >= 0.3 is 5.97 Å². The molecule has 0 aromatic carbocycles. The molecule has 0 spiro atoms. The van der Waals surface area contributed by atoms with Crippen molar-refractivity contribution in [1.29, 1.82) is 0 Å². The molecule has 0 aromatic heterocycles. The average molecular weight is 836 g/mol. The van der Waals surface area contributed by atoms with E-state index >= 15 is 0 Å². The number of methoxy groups -OCH3 is 1. The van der Waals surface area contributed by atoms with E-state index in [9.17, 15) is 39.9 Å². The topological polar surface area (TPSA) is 249 Å². The third-order valence-corrected chi connectivity index (χ3v) is 12.6. The van der Waals surface area contributed by atoms with E-state index in [2.05, 4.69) is 5.32 Å². The lowest BCUT2D eigenvalue weighted by Gasteiger charge is -2.49. The summed E-state index contributed by atoms with van der Waals surface area (Å²) in [6.07, 6.45) is -8.04. The van der Waals surface area contributed by atoms with Crippen LogP contribution in [0.5, 0.6) is 0 Å². The summed E-state index contributed by atoms with van der Waals surface area (Å²) >= 11 is 0. The SMILES string of the molecule is CC(=O)NCC=O.CC[C@H]1OC(=O)[C@H](C)[C@H](O[C@H]2C[C@@](C)(OC)[C@@H](O)[C@H](C)O2)[C@H](C)[C@@H](O[C@@H]2O[C@H](C)C[C@H](N(C)C)[C@H]2O)[C@](C)(O)C[C@@H](C)[C@H](N)[C@H](C)[C@@H](O)[C@]1(C)O. The van der Waals surface area contributed by atoms with Crippen LogP contribution in [0.25, 0.3) is 0 Å². The van der Waals surface area contributed by atoms with Gasteiger partial charge in [-0.25, -0.2) is 0 Å². The normalized spacial score (nSPS) is 45.9. The summed E-state index contributed by atoms with van der Waals surface area (Å²) in [5, 5.41) is 60.3. The zero-order valence-electron chi connectivity index (χ0n) is 37.3. The maximum atomic E-state index is 14.1. The fourth-order valence-corrected chi connectivity index (χ4v) is 8.81. The molecule has 19 atom stereocenters. The van der Waals surface area contributed by atoms with E-state index in [0.717, 1.165) is 0 Å². The van der Waals surface area contributed by atoms with E-state index in [4.69, 9.17) is 34.2 Å². The third-order valence-electron chi connectivity index (χ3n) is 12.6. The van der Waals surface area contributed by atoms with E-state index in [0.29, 0.717) is 12.7 Å². The molecule has 58 heavy (non-hydrogen) atoms. The van der Waals surface area contributed by atoms with Gasteiger partial charge in [-0.2, -0.15) is 0 Å². The van der Waals surface area contributed by atoms with Gasteiger partial charge in [0.05, 0.1) is 54.2 Å². The lowest BCUT2D eigenvalue weighted by atomic mass is 9.72. The molecule has 3 aliphatic rings. The summed E-state index contributed by atoms with van der Waals surface area (Å²) < 4.78 is 37.3. The Morgan fingerprint density at radius 3 is 2.09 bits per heavy atom. The number of cyclic esters (lactones) is 1. The first-order valence-corrected chi connectivity index (χ1v) is 20.7. The lowest BCUT2D eigenvalue weighted by molar-refractivity contribution is -0.318. The number of hydrogen-bond acceptors (Lipinski definition) is 16. The Bertz CT molecular complexity index is 1310. The van der Waals surface area contributed by atoms with Crippen LogP contribution in [0.1, 0.15) is 102 Å². The molecule has 0 aromatic rings. The Hall–Kier alpha value is -1.87. The van der Waals surface area contributed by atoms with Crippen LogP contribution in [0.2, 0.25) is 0 Å². The smallest absolute Gasteiger partial charge is 0.311 e. The largest absolute Gasteiger partial charge is 0.459 e. The van der Waals surface area contributed by atoms with Gasteiger partial charge in [-0.05, 0) is 80.8 Å². The third kappa shape index (κ3) is 12.8. The number of likely N-dealkylation sites (N-methyl/N-ethyl adjacent to an activating group) is 1. The minimum absolute atomic E-state index is 0.0888. The molecule has 340 valence electrons. The number of nitrogens with one attached hydrogen (secondary N) is 1. The van der Waals surface area contributed by atoms with Crippen molar-refractivity contribution in [2.45, 2.75) is 192 Å². The highest BCUT2D eigenvalue weighted by molar-refractivity contribution is 5.75. The van der Waals surface area contributed by atoms with Crippen molar-refractivity contribution >= 4 is 18.2 Å². The number of aldehydes is 1. The number of aliphatic hydroxyl groups is 5. The van der Waals surface area contributed by atoms with Crippen molar-refractivity contribution in [1.82, 2.24) is 10.2 Å². The Labute approximate surface area is 345 Å². The molecule has 3 fully saturated rings. The van der Waals surface area contributed by atoms with E-state index < -0.39 is 108 Å². The van der Waals surface area contributed by atoms with Gasteiger partial charge in [-0.1, -0.05) is 27.7 Å². The number of nitrogens with two attached hydrogens (primary N) is 1. The molecule has 17 nitrogen and oxygen atoms in total. The fourth-order valence-electron chi connectivity index (χ4n) is 8.81. The van der Waals surface area contributed by atoms with E-state index in [1.165, 1.54) is 21.0 Å². The number of carbonyl (C=O) groups is 3. The lowest BCUT2D eigenvalue weighted by Crippen LogP contribution is -2.62. The van der Waals surface area contributed by atoms with Crippen molar-refractivity contribution in [2.75, 3.05) is 27.7 Å². The highest BCUT2D eigenvalue weighted by Gasteiger charge is 2.53. The van der Waals surface area contributed by atoms with Gasteiger partial charge in [-0.15, -0.1) is 0 Å². The molecule has 0 bridgehead atoms.